The fourth-order valence-electron chi connectivity index (χ4n) is 3.07. The van der Waals surface area contributed by atoms with E-state index in [1.807, 2.05) is 0 Å². The lowest BCUT2D eigenvalue weighted by Gasteiger charge is -2.13. The van der Waals surface area contributed by atoms with Gasteiger partial charge in [0.15, 0.2) is 0 Å². The Kier molecular flexibility index (Phi) is 2.93. The van der Waals surface area contributed by atoms with Gasteiger partial charge in [0, 0.05) is 30.6 Å². The molecule has 1 saturated heterocycles. The molecule has 0 radical (unpaired) electrons. The number of benzene rings is 1. The molecule has 0 spiro atoms. The van der Waals surface area contributed by atoms with E-state index < -0.39 is 0 Å². The van der Waals surface area contributed by atoms with Crippen LogP contribution in [0.1, 0.15) is 31.2 Å². The van der Waals surface area contributed by atoms with E-state index in [4.69, 9.17) is 0 Å². The van der Waals surface area contributed by atoms with Crippen LogP contribution in [-0.2, 0) is 0 Å². The van der Waals surface area contributed by atoms with Crippen LogP contribution in [-0.4, -0.2) is 36.6 Å². The van der Waals surface area contributed by atoms with Gasteiger partial charge in [0.05, 0.1) is 0 Å². The third-order valence-electron chi connectivity index (χ3n) is 4.35. The number of hydrogen-bond acceptors (Lipinski definition) is 2. The lowest BCUT2D eigenvalue weighted by atomic mass is 10.1. The number of likely N-dealkylation sites (N-methyl/N-ethyl adjacent to an activating group) is 1. The predicted octanol–water partition coefficient (Wildman–Crippen LogP) is 2.22. The van der Waals surface area contributed by atoms with Crippen LogP contribution < -0.4 is 5.32 Å². The molecule has 1 aromatic carbocycles. The van der Waals surface area contributed by atoms with E-state index in [2.05, 4.69) is 54.5 Å². The third kappa shape index (κ3) is 2.38. The molecule has 2 fully saturated rings. The minimum absolute atomic E-state index is 0.703. The van der Waals surface area contributed by atoms with Crippen molar-refractivity contribution in [2.75, 3.05) is 13.6 Å². The van der Waals surface area contributed by atoms with Crippen molar-refractivity contribution in [2.24, 2.45) is 0 Å². The molecule has 2 heteroatoms. The van der Waals surface area contributed by atoms with Crippen molar-refractivity contribution in [3.63, 3.8) is 0 Å². The van der Waals surface area contributed by atoms with Crippen LogP contribution in [0.15, 0.2) is 30.3 Å². The highest BCUT2D eigenvalue weighted by atomic mass is 15.2. The third-order valence-corrected chi connectivity index (χ3v) is 4.35. The smallest absolute Gasteiger partial charge is 0.0212 e. The normalized spacial score (nSPS) is 37.3. The Morgan fingerprint density at radius 3 is 2.59 bits per heavy atom. The topological polar surface area (TPSA) is 15.3 Å². The molecule has 4 unspecified atom stereocenters. The number of nitrogens with zero attached hydrogens (tertiary/aromatic N) is 1. The standard InChI is InChI=1S/C15H22N2/c1-11-8-13(10-17(11)2)16-15-9-14(15)12-6-4-3-5-7-12/h3-7,11,13-16H,8-10H2,1-2H3. The summed E-state index contributed by atoms with van der Waals surface area (Å²) in [7, 11) is 2.23. The molecule has 1 heterocycles. The van der Waals surface area contributed by atoms with E-state index in [0.717, 1.165) is 18.0 Å². The quantitative estimate of drug-likeness (QED) is 0.856. The zero-order chi connectivity index (χ0) is 11.8. The summed E-state index contributed by atoms with van der Waals surface area (Å²) in [6, 6.07) is 13.1. The molecule has 0 amide bonds. The van der Waals surface area contributed by atoms with Gasteiger partial charge in [-0.15, -0.1) is 0 Å². The van der Waals surface area contributed by atoms with Crippen LogP contribution in [0.5, 0.6) is 0 Å². The van der Waals surface area contributed by atoms with E-state index in [9.17, 15) is 0 Å². The molecule has 4 atom stereocenters. The highest BCUT2D eigenvalue weighted by Gasteiger charge is 2.40. The largest absolute Gasteiger partial charge is 0.309 e. The number of hydrogen-bond donors (Lipinski definition) is 1. The Balaban J connectivity index is 1.53. The van der Waals surface area contributed by atoms with Gasteiger partial charge in [0.1, 0.15) is 0 Å². The molecule has 1 aromatic rings. The Bertz CT molecular complexity index is 366. The van der Waals surface area contributed by atoms with Gasteiger partial charge in [0.25, 0.3) is 0 Å². The number of nitrogens with one attached hydrogen (secondary N) is 1. The maximum Gasteiger partial charge on any atom is 0.0212 e. The molecular weight excluding hydrogens is 208 g/mol. The van der Waals surface area contributed by atoms with Crippen molar-refractivity contribution >= 4 is 0 Å². The zero-order valence-electron chi connectivity index (χ0n) is 10.8. The molecule has 0 aromatic heterocycles. The van der Waals surface area contributed by atoms with Gasteiger partial charge in [0.2, 0.25) is 0 Å². The predicted molar refractivity (Wildman–Crippen MR) is 71.2 cm³/mol. The SMILES string of the molecule is CC1CC(NC2CC2c2ccccc2)CN1C. The summed E-state index contributed by atoms with van der Waals surface area (Å²) in [5.41, 5.74) is 1.50. The van der Waals surface area contributed by atoms with Gasteiger partial charge in [-0.2, -0.15) is 0 Å². The van der Waals surface area contributed by atoms with Crippen LogP contribution in [0.4, 0.5) is 0 Å². The number of likely N-dealkylation sites (tertiary alicyclic amines) is 1. The Hall–Kier alpha value is -0.860. The maximum absolute atomic E-state index is 3.82. The second kappa shape index (κ2) is 4.43. The van der Waals surface area contributed by atoms with Gasteiger partial charge in [-0.25, -0.2) is 0 Å². The molecule has 2 nitrogen and oxygen atoms in total. The summed E-state index contributed by atoms with van der Waals surface area (Å²) >= 11 is 0. The molecular formula is C15H22N2. The average molecular weight is 230 g/mol. The van der Waals surface area contributed by atoms with E-state index >= 15 is 0 Å². The van der Waals surface area contributed by atoms with Crippen molar-refractivity contribution in [3.05, 3.63) is 35.9 Å². The fourth-order valence-corrected chi connectivity index (χ4v) is 3.07. The summed E-state index contributed by atoms with van der Waals surface area (Å²) in [4.78, 5) is 2.46. The molecule has 17 heavy (non-hydrogen) atoms. The molecule has 3 rings (SSSR count). The highest BCUT2D eigenvalue weighted by Crippen LogP contribution is 2.41. The second-order valence-electron chi connectivity index (χ2n) is 5.75. The Labute approximate surface area is 104 Å². The van der Waals surface area contributed by atoms with Crippen molar-refractivity contribution in [2.45, 2.75) is 43.8 Å². The Morgan fingerprint density at radius 1 is 1.18 bits per heavy atom. The van der Waals surface area contributed by atoms with Crippen molar-refractivity contribution in [3.8, 4) is 0 Å². The summed E-state index contributed by atoms with van der Waals surface area (Å²) in [6.45, 7) is 3.53. The van der Waals surface area contributed by atoms with E-state index in [1.54, 1.807) is 0 Å². The monoisotopic (exact) mass is 230 g/mol. The molecule has 1 N–H and O–H groups in total. The van der Waals surface area contributed by atoms with Gasteiger partial charge in [-0.1, -0.05) is 30.3 Å². The van der Waals surface area contributed by atoms with Crippen LogP contribution in [0.2, 0.25) is 0 Å². The first-order valence-electron chi connectivity index (χ1n) is 6.75. The van der Waals surface area contributed by atoms with Crippen LogP contribution in [0, 0.1) is 0 Å². The average Bonchev–Trinajstić information content (AvgIpc) is 3.01. The molecule has 1 aliphatic carbocycles. The second-order valence-corrected chi connectivity index (χ2v) is 5.75. The summed E-state index contributed by atoms with van der Waals surface area (Å²) < 4.78 is 0. The number of rotatable bonds is 3. The van der Waals surface area contributed by atoms with E-state index in [-0.39, 0.29) is 0 Å². The van der Waals surface area contributed by atoms with Gasteiger partial charge in [-0.05, 0) is 32.4 Å². The van der Waals surface area contributed by atoms with E-state index in [1.165, 1.54) is 24.9 Å². The van der Waals surface area contributed by atoms with Gasteiger partial charge in [-0.3, -0.25) is 0 Å². The first-order valence-corrected chi connectivity index (χ1v) is 6.75. The van der Waals surface area contributed by atoms with Gasteiger partial charge < -0.3 is 10.2 Å². The van der Waals surface area contributed by atoms with Crippen molar-refractivity contribution in [1.82, 2.24) is 10.2 Å². The molecule has 1 saturated carbocycles. The van der Waals surface area contributed by atoms with Crippen molar-refractivity contribution < 1.29 is 0 Å². The highest BCUT2D eigenvalue weighted by molar-refractivity contribution is 5.27. The molecule has 92 valence electrons. The molecule has 0 bridgehead atoms. The molecule has 2 aliphatic rings. The summed E-state index contributed by atoms with van der Waals surface area (Å²) in [5, 5.41) is 3.82. The summed E-state index contributed by atoms with van der Waals surface area (Å²) in [5.74, 6) is 0.761. The first kappa shape index (κ1) is 11.2. The Morgan fingerprint density at radius 2 is 1.94 bits per heavy atom. The lowest BCUT2D eigenvalue weighted by molar-refractivity contribution is 0.326. The summed E-state index contributed by atoms with van der Waals surface area (Å²) in [6.07, 6.45) is 2.62. The molecule has 1 aliphatic heterocycles. The lowest BCUT2D eigenvalue weighted by Crippen LogP contribution is -2.33. The fraction of sp³-hybridized carbons (Fsp3) is 0.600. The zero-order valence-corrected chi connectivity index (χ0v) is 10.8. The van der Waals surface area contributed by atoms with Gasteiger partial charge >= 0.3 is 0 Å². The minimum atomic E-state index is 0.703. The van der Waals surface area contributed by atoms with Crippen molar-refractivity contribution in [1.29, 1.82) is 0 Å². The maximum atomic E-state index is 3.82. The van der Waals surface area contributed by atoms with Crippen LogP contribution >= 0.6 is 0 Å². The van der Waals surface area contributed by atoms with Crippen LogP contribution in [0.3, 0.4) is 0 Å². The minimum Gasteiger partial charge on any atom is -0.309 e. The van der Waals surface area contributed by atoms with Crippen LogP contribution in [0.25, 0.3) is 0 Å². The van der Waals surface area contributed by atoms with E-state index in [0.29, 0.717) is 6.04 Å². The first-order chi connectivity index (χ1) is 8.24.